The molecule has 0 saturated carbocycles. The van der Waals surface area contributed by atoms with E-state index in [-0.39, 0.29) is 24.1 Å². The minimum atomic E-state index is -0.442. The molecular formula is C21H26N2O6. The lowest BCUT2D eigenvalue weighted by atomic mass is 10.0. The van der Waals surface area contributed by atoms with Gasteiger partial charge in [0.1, 0.15) is 0 Å². The molecule has 0 N–H and O–H groups in total. The second-order valence-corrected chi connectivity index (χ2v) is 6.57. The molecule has 8 nitrogen and oxygen atoms in total. The number of rotatable bonds is 9. The maximum Gasteiger partial charge on any atom is 0.269 e. The number of amides is 1. The minimum Gasteiger partial charge on any atom is -0.493 e. The van der Waals surface area contributed by atoms with Crippen molar-refractivity contribution in [3.05, 3.63) is 57.6 Å². The van der Waals surface area contributed by atoms with E-state index in [1.54, 1.807) is 38.3 Å². The normalized spacial score (nSPS) is 11.5. The van der Waals surface area contributed by atoms with Crippen molar-refractivity contribution in [1.29, 1.82) is 0 Å². The summed E-state index contributed by atoms with van der Waals surface area (Å²) in [5, 5.41) is 11.0. The largest absolute Gasteiger partial charge is 0.493 e. The molecule has 0 aliphatic carbocycles. The van der Waals surface area contributed by atoms with Gasteiger partial charge in [-0.25, -0.2) is 0 Å². The molecule has 1 atom stereocenters. The van der Waals surface area contributed by atoms with Gasteiger partial charge in [-0.2, -0.15) is 0 Å². The SMILES string of the molecule is COc1cc(CCC(=O)N(C)C(C)c2cccc([N+](=O)[O-])c2)cc(OC)c1OC. The third-order valence-electron chi connectivity index (χ3n) is 4.89. The number of nitro groups is 1. The lowest BCUT2D eigenvalue weighted by Crippen LogP contribution is -2.29. The molecule has 0 bridgehead atoms. The molecule has 2 aromatic rings. The zero-order valence-corrected chi connectivity index (χ0v) is 17.3. The monoisotopic (exact) mass is 402 g/mol. The zero-order valence-electron chi connectivity index (χ0n) is 17.3. The van der Waals surface area contributed by atoms with E-state index in [0.717, 1.165) is 5.56 Å². The highest BCUT2D eigenvalue weighted by Crippen LogP contribution is 2.38. The fourth-order valence-electron chi connectivity index (χ4n) is 3.05. The van der Waals surface area contributed by atoms with Gasteiger partial charge < -0.3 is 19.1 Å². The molecule has 156 valence electrons. The summed E-state index contributed by atoms with van der Waals surface area (Å²) in [5.41, 5.74) is 1.60. The summed E-state index contributed by atoms with van der Waals surface area (Å²) in [6, 6.07) is 9.67. The van der Waals surface area contributed by atoms with E-state index >= 15 is 0 Å². The molecule has 2 aromatic carbocycles. The lowest BCUT2D eigenvalue weighted by Gasteiger charge is -2.25. The van der Waals surface area contributed by atoms with Crippen LogP contribution < -0.4 is 14.2 Å². The van der Waals surface area contributed by atoms with E-state index in [2.05, 4.69) is 0 Å². The maximum atomic E-state index is 12.7. The van der Waals surface area contributed by atoms with Gasteiger partial charge in [0, 0.05) is 25.6 Å². The van der Waals surface area contributed by atoms with Crippen LogP contribution >= 0.6 is 0 Å². The van der Waals surface area contributed by atoms with Crippen LogP contribution in [0.5, 0.6) is 17.2 Å². The van der Waals surface area contributed by atoms with Gasteiger partial charge in [-0.15, -0.1) is 0 Å². The quantitative estimate of drug-likeness (QED) is 0.468. The first-order valence-electron chi connectivity index (χ1n) is 9.11. The van der Waals surface area contributed by atoms with Crippen LogP contribution in [0.4, 0.5) is 5.69 Å². The Hall–Kier alpha value is -3.29. The molecule has 8 heteroatoms. The van der Waals surface area contributed by atoms with Crippen LogP contribution in [0.3, 0.4) is 0 Å². The van der Waals surface area contributed by atoms with Crippen LogP contribution in [-0.4, -0.2) is 44.1 Å². The van der Waals surface area contributed by atoms with E-state index in [9.17, 15) is 14.9 Å². The number of ether oxygens (including phenoxy) is 3. The highest BCUT2D eigenvalue weighted by molar-refractivity contribution is 5.76. The summed E-state index contributed by atoms with van der Waals surface area (Å²) in [6.07, 6.45) is 0.760. The topological polar surface area (TPSA) is 91.1 Å². The average molecular weight is 402 g/mol. The van der Waals surface area contributed by atoms with E-state index < -0.39 is 4.92 Å². The number of methoxy groups -OCH3 is 3. The predicted molar refractivity (Wildman–Crippen MR) is 109 cm³/mol. The highest BCUT2D eigenvalue weighted by atomic mass is 16.6. The summed E-state index contributed by atoms with van der Waals surface area (Å²) in [7, 11) is 6.32. The summed E-state index contributed by atoms with van der Waals surface area (Å²) in [6.45, 7) is 1.84. The predicted octanol–water partition coefficient (Wildman–Crippen LogP) is 3.77. The number of carbonyl (C=O) groups excluding carboxylic acids is 1. The van der Waals surface area contributed by atoms with E-state index in [0.29, 0.717) is 29.2 Å². The first kappa shape index (κ1) is 22.0. The Morgan fingerprint density at radius 2 is 1.72 bits per heavy atom. The summed E-state index contributed by atoms with van der Waals surface area (Å²) < 4.78 is 16.0. The summed E-state index contributed by atoms with van der Waals surface area (Å²) >= 11 is 0. The van der Waals surface area contributed by atoms with E-state index in [4.69, 9.17) is 14.2 Å². The maximum absolute atomic E-state index is 12.7. The molecule has 29 heavy (non-hydrogen) atoms. The number of nitrogens with zero attached hydrogens (tertiary/aromatic N) is 2. The van der Waals surface area contributed by atoms with Gasteiger partial charge in [0.15, 0.2) is 11.5 Å². The second kappa shape index (κ2) is 9.77. The van der Waals surface area contributed by atoms with Crippen molar-refractivity contribution in [3.8, 4) is 17.2 Å². The molecular weight excluding hydrogens is 376 g/mol. The first-order valence-corrected chi connectivity index (χ1v) is 9.11. The van der Waals surface area contributed by atoms with Crippen molar-refractivity contribution in [3.63, 3.8) is 0 Å². The number of carbonyl (C=O) groups is 1. The van der Waals surface area contributed by atoms with Gasteiger partial charge in [0.05, 0.1) is 32.3 Å². The van der Waals surface area contributed by atoms with Gasteiger partial charge >= 0.3 is 0 Å². The Kier molecular flexibility index (Phi) is 7.41. The molecule has 0 spiro atoms. The number of nitro benzene ring substituents is 1. The molecule has 0 aliphatic rings. The molecule has 0 aliphatic heterocycles. The fourth-order valence-corrected chi connectivity index (χ4v) is 3.05. The van der Waals surface area contributed by atoms with Crippen molar-refractivity contribution >= 4 is 11.6 Å². The van der Waals surface area contributed by atoms with Crippen molar-refractivity contribution in [2.24, 2.45) is 0 Å². The standard InChI is InChI=1S/C21H26N2O6/c1-14(16-7-6-8-17(13-16)23(25)26)22(2)20(24)10-9-15-11-18(27-3)21(29-5)19(12-15)28-4/h6-8,11-14H,9-10H2,1-5H3. The molecule has 0 aromatic heterocycles. The summed E-state index contributed by atoms with van der Waals surface area (Å²) in [4.78, 5) is 24.8. The van der Waals surface area contributed by atoms with Crippen molar-refractivity contribution < 1.29 is 23.9 Å². The number of hydrogen-bond donors (Lipinski definition) is 0. The van der Waals surface area contributed by atoms with E-state index in [1.165, 1.54) is 19.2 Å². The van der Waals surface area contributed by atoms with Crippen LogP contribution in [0.15, 0.2) is 36.4 Å². The Morgan fingerprint density at radius 3 is 2.24 bits per heavy atom. The molecule has 2 rings (SSSR count). The Balaban J connectivity index is 2.10. The van der Waals surface area contributed by atoms with Crippen molar-refractivity contribution in [2.45, 2.75) is 25.8 Å². The average Bonchev–Trinajstić information content (AvgIpc) is 2.75. The molecule has 0 fully saturated rings. The smallest absolute Gasteiger partial charge is 0.269 e. The number of benzene rings is 2. The Bertz CT molecular complexity index is 858. The van der Waals surface area contributed by atoms with Crippen LogP contribution in [-0.2, 0) is 11.2 Å². The van der Waals surface area contributed by atoms with Gasteiger partial charge in [-0.05, 0) is 36.6 Å². The van der Waals surface area contributed by atoms with Crippen LogP contribution in [0.1, 0.15) is 30.5 Å². The third kappa shape index (κ3) is 5.16. The van der Waals surface area contributed by atoms with Crippen LogP contribution in [0, 0.1) is 10.1 Å². The Labute approximate surface area is 170 Å². The fraction of sp³-hybridized carbons (Fsp3) is 0.381. The Morgan fingerprint density at radius 1 is 1.10 bits per heavy atom. The highest BCUT2D eigenvalue weighted by Gasteiger charge is 2.20. The number of hydrogen-bond acceptors (Lipinski definition) is 6. The third-order valence-corrected chi connectivity index (χ3v) is 4.89. The summed E-state index contributed by atoms with van der Waals surface area (Å²) in [5.74, 6) is 1.50. The van der Waals surface area contributed by atoms with Gasteiger partial charge in [0.2, 0.25) is 11.7 Å². The lowest BCUT2D eigenvalue weighted by molar-refractivity contribution is -0.384. The zero-order chi connectivity index (χ0) is 21.6. The van der Waals surface area contributed by atoms with Crippen LogP contribution in [0.25, 0.3) is 0 Å². The van der Waals surface area contributed by atoms with Crippen LogP contribution in [0.2, 0.25) is 0 Å². The van der Waals surface area contributed by atoms with Crippen molar-refractivity contribution in [1.82, 2.24) is 4.90 Å². The number of aryl methyl sites for hydroxylation is 1. The molecule has 0 heterocycles. The van der Waals surface area contributed by atoms with Crippen molar-refractivity contribution in [2.75, 3.05) is 28.4 Å². The van der Waals surface area contributed by atoms with Gasteiger partial charge in [0.25, 0.3) is 5.69 Å². The van der Waals surface area contributed by atoms with Gasteiger partial charge in [-0.3, -0.25) is 14.9 Å². The van der Waals surface area contributed by atoms with Gasteiger partial charge in [-0.1, -0.05) is 12.1 Å². The van der Waals surface area contributed by atoms with E-state index in [1.807, 2.05) is 19.1 Å². The molecule has 0 saturated heterocycles. The molecule has 0 radical (unpaired) electrons. The second-order valence-electron chi connectivity index (χ2n) is 6.57. The number of non-ortho nitro benzene ring substituents is 1. The minimum absolute atomic E-state index is 0.00706. The molecule has 1 amide bonds. The first-order chi connectivity index (χ1) is 13.8. The molecule has 1 unspecified atom stereocenters.